The van der Waals surface area contributed by atoms with Gasteiger partial charge in [-0.1, -0.05) is 6.92 Å². The molecule has 3 rings (SSSR count). The molecule has 2 N–H and O–H groups in total. The summed E-state index contributed by atoms with van der Waals surface area (Å²) in [5.41, 5.74) is 9.10. The van der Waals surface area contributed by atoms with Gasteiger partial charge in [-0.3, -0.25) is 4.79 Å². The van der Waals surface area contributed by atoms with Crippen molar-refractivity contribution in [2.45, 2.75) is 51.7 Å². The van der Waals surface area contributed by atoms with Crippen LogP contribution in [0.2, 0.25) is 0 Å². The van der Waals surface area contributed by atoms with E-state index in [-0.39, 0.29) is 18.0 Å². The maximum atomic E-state index is 12.9. The average molecular weight is 288 g/mol. The molecule has 1 aromatic carbocycles. The highest BCUT2D eigenvalue weighted by Crippen LogP contribution is 2.42. The van der Waals surface area contributed by atoms with Crippen molar-refractivity contribution < 1.29 is 9.53 Å². The third kappa shape index (κ3) is 2.13. The zero-order valence-corrected chi connectivity index (χ0v) is 13.2. The Morgan fingerprint density at radius 1 is 1.33 bits per heavy atom. The summed E-state index contributed by atoms with van der Waals surface area (Å²) in [6.07, 6.45) is 2.01. The van der Waals surface area contributed by atoms with Gasteiger partial charge in [-0.15, -0.1) is 0 Å². The first-order valence-corrected chi connectivity index (χ1v) is 7.67. The third-order valence-electron chi connectivity index (χ3n) is 5.25. The van der Waals surface area contributed by atoms with Gasteiger partial charge in [0, 0.05) is 17.6 Å². The van der Waals surface area contributed by atoms with Crippen LogP contribution in [0.1, 0.15) is 41.3 Å². The molecule has 21 heavy (non-hydrogen) atoms. The van der Waals surface area contributed by atoms with Crippen LogP contribution in [-0.4, -0.2) is 36.0 Å². The van der Waals surface area contributed by atoms with Crippen LogP contribution in [0.15, 0.2) is 12.1 Å². The molecule has 2 aliphatic heterocycles. The van der Waals surface area contributed by atoms with Crippen molar-refractivity contribution in [1.82, 2.24) is 4.90 Å². The Labute approximate surface area is 126 Å². The average Bonchev–Trinajstić information content (AvgIpc) is 2.93. The van der Waals surface area contributed by atoms with Gasteiger partial charge in [0.2, 0.25) is 0 Å². The molecule has 1 amide bonds. The normalized spacial score (nSPS) is 30.8. The van der Waals surface area contributed by atoms with Crippen LogP contribution in [0, 0.1) is 19.8 Å². The fourth-order valence-electron chi connectivity index (χ4n) is 4.10. The maximum Gasteiger partial charge on any atom is 0.254 e. The highest BCUT2D eigenvalue weighted by molar-refractivity contribution is 5.96. The van der Waals surface area contributed by atoms with Gasteiger partial charge in [0.05, 0.1) is 13.2 Å². The molecule has 0 spiro atoms. The lowest BCUT2D eigenvalue weighted by molar-refractivity contribution is 0.0715. The van der Waals surface area contributed by atoms with E-state index in [0.717, 1.165) is 29.7 Å². The van der Waals surface area contributed by atoms with Crippen LogP contribution in [0.4, 0.5) is 0 Å². The van der Waals surface area contributed by atoms with Crippen LogP contribution >= 0.6 is 0 Å². The third-order valence-corrected chi connectivity index (χ3v) is 5.25. The molecule has 4 heteroatoms. The highest BCUT2D eigenvalue weighted by atomic mass is 16.5. The molecule has 0 aliphatic carbocycles. The molecule has 2 heterocycles. The van der Waals surface area contributed by atoms with Crippen molar-refractivity contribution >= 4 is 5.91 Å². The first-order chi connectivity index (χ1) is 9.93. The molecule has 4 nitrogen and oxygen atoms in total. The fraction of sp³-hybridized carbons (Fsp3) is 0.588. The molecule has 4 atom stereocenters. The fourth-order valence-corrected chi connectivity index (χ4v) is 4.10. The Balaban J connectivity index is 1.95. The van der Waals surface area contributed by atoms with Gasteiger partial charge in [0.25, 0.3) is 5.91 Å². The van der Waals surface area contributed by atoms with Crippen LogP contribution in [0.5, 0.6) is 5.75 Å². The number of benzene rings is 1. The Bertz CT molecular complexity index is 572. The summed E-state index contributed by atoms with van der Waals surface area (Å²) >= 11 is 0. The van der Waals surface area contributed by atoms with Gasteiger partial charge in [-0.2, -0.15) is 0 Å². The first kappa shape index (κ1) is 14.4. The number of ether oxygens (including phenoxy) is 1. The maximum absolute atomic E-state index is 12.9. The zero-order chi connectivity index (χ0) is 15.3. The van der Waals surface area contributed by atoms with Crippen LogP contribution in [-0.2, 0) is 0 Å². The number of nitrogens with two attached hydrogens (primary N) is 1. The quantitative estimate of drug-likeness (QED) is 0.908. The van der Waals surface area contributed by atoms with Crippen LogP contribution in [0.3, 0.4) is 0 Å². The molecular formula is C17H24N2O2. The summed E-state index contributed by atoms with van der Waals surface area (Å²) in [5.74, 6) is 1.38. The SMILES string of the molecule is COc1cc(C(=O)N2[C@H]3C[C@@H](C)[C@@H]2[C@H](N)C3)cc(C)c1C. The second kappa shape index (κ2) is 5.02. The number of nitrogens with zero attached hydrogens (tertiary/aromatic N) is 1. The van der Waals surface area contributed by atoms with E-state index in [2.05, 4.69) is 6.92 Å². The predicted octanol–water partition coefficient (Wildman–Crippen LogP) is 2.26. The van der Waals surface area contributed by atoms with E-state index in [1.807, 2.05) is 30.9 Å². The summed E-state index contributed by atoms with van der Waals surface area (Å²) in [5, 5.41) is 0. The Morgan fingerprint density at radius 2 is 2.05 bits per heavy atom. The Hall–Kier alpha value is -1.55. The minimum Gasteiger partial charge on any atom is -0.496 e. The molecule has 2 bridgehead atoms. The number of carbonyl (C=O) groups is 1. The zero-order valence-electron chi connectivity index (χ0n) is 13.2. The highest BCUT2D eigenvalue weighted by Gasteiger charge is 2.51. The molecule has 1 aromatic rings. The summed E-state index contributed by atoms with van der Waals surface area (Å²) in [7, 11) is 1.65. The van der Waals surface area contributed by atoms with E-state index >= 15 is 0 Å². The van der Waals surface area contributed by atoms with Crippen molar-refractivity contribution in [3.63, 3.8) is 0 Å². The monoisotopic (exact) mass is 288 g/mol. The van der Waals surface area contributed by atoms with E-state index in [9.17, 15) is 4.79 Å². The number of fused-ring (bicyclic) bond motifs is 2. The van der Waals surface area contributed by atoms with Gasteiger partial charge in [-0.05, 0) is 55.9 Å². The molecular weight excluding hydrogens is 264 g/mol. The smallest absolute Gasteiger partial charge is 0.254 e. The lowest BCUT2D eigenvalue weighted by Crippen LogP contribution is -2.43. The van der Waals surface area contributed by atoms with Crippen LogP contribution in [0.25, 0.3) is 0 Å². The van der Waals surface area contributed by atoms with E-state index in [4.69, 9.17) is 10.5 Å². The van der Waals surface area contributed by atoms with Crippen molar-refractivity contribution in [1.29, 1.82) is 0 Å². The van der Waals surface area contributed by atoms with Gasteiger partial charge in [-0.25, -0.2) is 0 Å². The molecule has 0 radical (unpaired) electrons. The number of amides is 1. The number of carbonyl (C=O) groups excluding carboxylic acids is 1. The van der Waals surface area contributed by atoms with Crippen molar-refractivity contribution in [2.75, 3.05) is 7.11 Å². The Kier molecular flexibility index (Phi) is 3.44. The minimum atomic E-state index is 0.101. The first-order valence-electron chi connectivity index (χ1n) is 7.67. The molecule has 2 aliphatic rings. The number of hydrogen-bond acceptors (Lipinski definition) is 3. The van der Waals surface area contributed by atoms with Crippen LogP contribution < -0.4 is 10.5 Å². The largest absolute Gasteiger partial charge is 0.496 e. The topological polar surface area (TPSA) is 55.6 Å². The summed E-state index contributed by atoms with van der Waals surface area (Å²) in [6.45, 7) is 6.23. The van der Waals surface area contributed by atoms with Gasteiger partial charge < -0.3 is 15.4 Å². The minimum absolute atomic E-state index is 0.101. The van der Waals surface area contributed by atoms with E-state index in [1.165, 1.54) is 0 Å². The van der Waals surface area contributed by atoms with Crippen molar-refractivity contribution in [2.24, 2.45) is 11.7 Å². The van der Waals surface area contributed by atoms with Gasteiger partial charge in [0.15, 0.2) is 0 Å². The molecule has 2 saturated heterocycles. The summed E-state index contributed by atoms with van der Waals surface area (Å²) in [4.78, 5) is 15.0. The standard InChI is InChI=1S/C17H24N2O2/c1-9-5-12(7-15(21-4)11(9)3)17(20)19-13-6-10(2)16(19)14(18)8-13/h5,7,10,13-14,16H,6,8,18H2,1-4H3/t10-,13+,14-,16-/m1/s1. The number of aryl methyl sites for hydroxylation is 1. The number of methoxy groups -OCH3 is 1. The van der Waals surface area contributed by atoms with Gasteiger partial charge in [0.1, 0.15) is 5.75 Å². The molecule has 0 unspecified atom stereocenters. The molecule has 2 fully saturated rings. The predicted molar refractivity (Wildman–Crippen MR) is 82.6 cm³/mol. The number of hydrogen-bond donors (Lipinski definition) is 1. The summed E-state index contributed by atoms with van der Waals surface area (Å²) < 4.78 is 5.40. The Morgan fingerprint density at radius 3 is 2.62 bits per heavy atom. The lowest BCUT2D eigenvalue weighted by atomic mass is 9.87. The van der Waals surface area contributed by atoms with E-state index in [1.54, 1.807) is 7.11 Å². The van der Waals surface area contributed by atoms with Gasteiger partial charge >= 0.3 is 0 Å². The second-order valence-corrected chi connectivity index (χ2v) is 6.59. The molecule has 0 aromatic heterocycles. The van der Waals surface area contributed by atoms with Crippen molar-refractivity contribution in [3.05, 3.63) is 28.8 Å². The van der Waals surface area contributed by atoms with E-state index in [0.29, 0.717) is 17.5 Å². The molecule has 114 valence electrons. The number of rotatable bonds is 2. The van der Waals surface area contributed by atoms with Crippen molar-refractivity contribution in [3.8, 4) is 5.75 Å². The lowest BCUT2D eigenvalue weighted by Gasteiger charge is -2.26. The van der Waals surface area contributed by atoms with E-state index < -0.39 is 0 Å². The summed E-state index contributed by atoms with van der Waals surface area (Å²) in [6, 6.07) is 4.44. The molecule has 0 saturated carbocycles. The second-order valence-electron chi connectivity index (χ2n) is 6.59.